The van der Waals surface area contributed by atoms with Crippen molar-refractivity contribution >= 4 is 22.8 Å². The number of rotatable bonds is 7. The van der Waals surface area contributed by atoms with Gasteiger partial charge in [-0.1, -0.05) is 18.2 Å². The molecule has 0 unspecified atom stereocenters. The third-order valence-electron chi connectivity index (χ3n) is 3.94. The Bertz CT molecular complexity index is 1020. The van der Waals surface area contributed by atoms with E-state index in [-0.39, 0.29) is 30.1 Å². The Balaban J connectivity index is 1.79. The number of hydrogen-bond donors (Lipinski definition) is 0. The van der Waals surface area contributed by atoms with Gasteiger partial charge in [-0.3, -0.25) is 4.79 Å². The summed E-state index contributed by atoms with van der Waals surface area (Å²) in [5.41, 5.74) is 0.435. The third kappa shape index (κ3) is 4.17. The number of aromatic nitrogens is 2. The van der Waals surface area contributed by atoms with Crippen LogP contribution in [-0.2, 0) is 16.1 Å². The number of hydrogen-bond acceptors (Lipinski definition) is 7. The predicted molar refractivity (Wildman–Crippen MR) is 99.0 cm³/mol. The highest BCUT2D eigenvalue weighted by Crippen LogP contribution is 2.19. The maximum absolute atomic E-state index is 12.6. The number of Topliss-reactive ketones (excluding diaryl/α,β-unsaturated/α-hetero) is 1. The van der Waals surface area contributed by atoms with Gasteiger partial charge < -0.3 is 19.4 Å². The van der Waals surface area contributed by atoms with Crippen molar-refractivity contribution in [2.75, 3.05) is 13.7 Å². The normalized spacial score (nSPS) is 10.5. The monoisotopic (exact) mass is 382 g/mol. The number of ether oxygens (including phenoxy) is 3. The molecular formula is C20H18N2O6. The Labute approximate surface area is 160 Å². The molecule has 0 saturated heterocycles. The third-order valence-corrected chi connectivity index (χ3v) is 3.94. The number of carbonyl (C=O) groups is 2. The SMILES string of the molecule is COc1ccc2nc(COC(=O)COc3ccccc3)c(C(C)=O)[n+]([O-])c2c1. The quantitative estimate of drug-likeness (QED) is 0.267. The fourth-order valence-corrected chi connectivity index (χ4v) is 2.62. The minimum Gasteiger partial charge on any atom is -0.618 e. The lowest BCUT2D eigenvalue weighted by Gasteiger charge is -2.11. The lowest BCUT2D eigenvalue weighted by Crippen LogP contribution is -2.37. The Hall–Kier alpha value is -3.68. The Morgan fingerprint density at radius 3 is 2.54 bits per heavy atom. The summed E-state index contributed by atoms with van der Waals surface area (Å²) >= 11 is 0. The molecule has 1 heterocycles. The van der Waals surface area contributed by atoms with Crippen molar-refractivity contribution in [1.29, 1.82) is 0 Å². The standard InChI is InChI=1S/C20H18N2O6/c1-13(23)20-17(11-28-19(24)12-27-14-6-4-3-5-7-14)21-16-9-8-15(26-2)10-18(16)22(20)25/h3-10H,11-12H2,1-2H3. The molecular weight excluding hydrogens is 364 g/mol. The summed E-state index contributed by atoms with van der Waals surface area (Å²) in [5.74, 6) is -0.143. The summed E-state index contributed by atoms with van der Waals surface area (Å²) in [6.45, 7) is 0.624. The second-order valence-corrected chi connectivity index (χ2v) is 5.87. The average molecular weight is 382 g/mol. The topological polar surface area (TPSA) is 102 Å². The summed E-state index contributed by atoms with van der Waals surface area (Å²) in [6.07, 6.45) is 0. The molecule has 3 rings (SSSR count). The molecule has 8 nitrogen and oxygen atoms in total. The molecule has 0 aliphatic rings. The lowest BCUT2D eigenvalue weighted by atomic mass is 10.2. The summed E-state index contributed by atoms with van der Waals surface area (Å²) in [6, 6.07) is 13.5. The summed E-state index contributed by atoms with van der Waals surface area (Å²) in [4.78, 5) is 28.2. The van der Waals surface area contributed by atoms with E-state index in [0.717, 1.165) is 0 Å². The van der Waals surface area contributed by atoms with Gasteiger partial charge in [-0.25, -0.2) is 9.78 Å². The molecule has 144 valence electrons. The van der Waals surface area contributed by atoms with E-state index in [4.69, 9.17) is 14.2 Å². The lowest BCUT2D eigenvalue weighted by molar-refractivity contribution is -0.580. The van der Waals surface area contributed by atoms with Gasteiger partial charge in [0.1, 0.15) is 23.6 Å². The van der Waals surface area contributed by atoms with E-state index in [0.29, 0.717) is 21.7 Å². The van der Waals surface area contributed by atoms with Crippen LogP contribution in [0.4, 0.5) is 0 Å². The molecule has 0 N–H and O–H groups in total. The van der Waals surface area contributed by atoms with Crippen LogP contribution in [0.2, 0.25) is 0 Å². The number of nitrogens with zero attached hydrogens (tertiary/aromatic N) is 2. The maximum Gasteiger partial charge on any atom is 0.344 e. The first-order valence-corrected chi connectivity index (χ1v) is 8.44. The van der Waals surface area contributed by atoms with E-state index in [9.17, 15) is 14.8 Å². The van der Waals surface area contributed by atoms with Crippen LogP contribution in [-0.4, -0.2) is 30.5 Å². The second-order valence-electron chi connectivity index (χ2n) is 5.87. The van der Waals surface area contributed by atoms with Crippen LogP contribution in [0.5, 0.6) is 11.5 Å². The first-order chi connectivity index (χ1) is 13.5. The van der Waals surface area contributed by atoms with E-state index in [2.05, 4.69) is 4.98 Å². The van der Waals surface area contributed by atoms with Gasteiger partial charge in [0.15, 0.2) is 12.3 Å². The number of methoxy groups -OCH3 is 1. The molecule has 0 fully saturated rings. The van der Waals surface area contributed by atoms with Crippen molar-refractivity contribution in [2.24, 2.45) is 0 Å². The second kappa shape index (κ2) is 8.34. The zero-order valence-corrected chi connectivity index (χ0v) is 15.4. The Kier molecular flexibility index (Phi) is 5.69. The van der Waals surface area contributed by atoms with Crippen LogP contribution >= 0.6 is 0 Å². The molecule has 0 spiro atoms. The highest BCUT2D eigenvalue weighted by Gasteiger charge is 2.24. The van der Waals surface area contributed by atoms with Crippen molar-refractivity contribution in [3.8, 4) is 11.5 Å². The summed E-state index contributed by atoms with van der Waals surface area (Å²) < 4.78 is 16.0. The van der Waals surface area contributed by atoms with Gasteiger partial charge in [0, 0.05) is 6.92 Å². The van der Waals surface area contributed by atoms with E-state index in [1.807, 2.05) is 6.07 Å². The van der Waals surface area contributed by atoms with Gasteiger partial charge in [0.05, 0.1) is 13.2 Å². The van der Waals surface area contributed by atoms with Crippen LogP contribution in [0.1, 0.15) is 23.1 Å². The average Bonchev–Trinajstić information content (AvgIpc) is 2.71. The Morgan fingerprint density at radius 1 is 1.11 bits per heavy atom. The molecule has 2 aromatic carbocycles. The van der Waals surface area contributed by atoms with Crippen LogP contribution in [0.3, 0.4) is 0 Å². The molecule has 0 bridgehead atoms. The molecule has 0 saturated carbocycles. The highest BCUT2D eigenvalue weighted by atomic mass is 16.6. The van der Waals surface area contributed by atoms with Gasteiger partial charge in [0.2, 0.25) is 11.3 Å². The van der Waals surface area contributed by atoms with Crippen LogP contribution in [0.15, 0.2) is 48.5 Å². The van der Waals surface area contributed by atoms with E-state index in [1.165, 1.54) is 20.1 Å². The molecule has 1 aromatic heterocycles. The van der Waals surface area contributed by atoms with Crippen molar-refractivity contribution < 1.29 is 28.5 Å². The fraction of sp³-hybridized carbons (Fsp3) is 0.200. The van der Waals surface area contributed by atoms with Gasteiger partial charge in [-0.2, -0.15) is 4.73 Å². The molecule has 3 aromatic rings. The first-order valence-electron chi connectivity index (χ1n) is 8.44. The minimum absolute atomic E-state index is 0.0771. The molecule has 0 atom stereocenters. The van der Waals surface area contributed by atoms with Gasteiger partial charge in [-0.15, -0.1) is 0 Å². The molecule has 0 radical (unpaired) electrons. The number of para-hydroxylation sites is 1. The minimum atomic E-state index is -0.646. The molecule has 0 aliphatic carbocycles. The Morgan fingerprint density at radius 2 is 1.86 bits per heavy atom. The van der Waals surface area contributed by atoms with Crippen LogP contribution in [0.25, 0.3) is 11.0 Å². The van der Waals surface area contributed by atoms with Crippen molar-refractivity contribution in [1.82, 2.24) is 4.98 Å². The maximum atomic E-state index is 12.6. The molecule has 0 aliphatic heterocycles. The van der Waals surface area contributed by atoms with Crippen molar-refractivity contribution in [3.05, 3.63) is 65.1 Å². The largest absolute Gasteiger partial charge is 0.618 e. The van der Waals surface area contributed by atoms with Crippen LogP contribution in [0, 0.1) is 5.21 Å². The van der Waals surface area contributed by atoms with Gasteiger partial charge in [0.25, 0.3) is 5.69 Å². The summed E-state index contributed by atoms with van der Waals surface area (Å²) in [7, 11) is 1.47. The number of ketones is 1. The molecule has 0 amide bonds. The molecule has 28 heavy (non-hydrogen) atoms. The molecule has 8 heteroatoms. The smallest absolute Gasteiger partial charge is 0.344 e. The number of esters is 1. The van der Waals surface area contributed by atoms with Gasteiger partial charge >= 0.3 is 5.97 Å². The van der Waals surface area contributed by atoms with E-state index >= 15 is 0 Å². The van der Waals surface area contributed by atoms with E-state index in [1.54, 1.807) is 36.4 Å². The van der Waals surface area contributed by atoms with Gasteiger partial charge in [-0.05, 0) is 24.3 Å². The summed E-state index contributed by atoms with van der Waals surface area (Å²) in [5, 5.41) is 12.6. The highest BCUT2D eigenvalue weighted by molar-refractivity contribution is 5.93. The number of carbonyl (C=O) groups excluding carboxylic acids is 2. The number of fused-ring (bicyclic) bond motifs is 1. The van der Waals surface area contributed by atoms with Crippen LogP contribution < -0.4 is 14.2 Å². The zero-order chi connectivity index (χ0) is 20.1. The zero-order valence-electron chi connectivity index (χ0n) is 15.4. The predicted octanol–water partition coefficient (Wildman–Crippen LogP) is 2.20. The van der Waals surface area contributed by atoms with Crippen molar-refractivity contribution in [2.45, 2.75) is 13.5 Å². The van der Waals surface area contributed by atoms with Crippen molar-refractivity contribution in [3.63, 3.8) is 0 Å². The number of benzene rings is 2. The fourth-order valence-electron chi connectivity index (χ4n) is 2.62. The first kappa shape index (κ1) is 19.1. The van der Waals surface area contributed by atoms with E-state index < -0.39 is 11.8 Å².